The number of phenolic OH excluding ortho intramolecular Hbond substituents is 1. The molecule has 3 rings (SSSR count). The lowest BCUT2D eigenvalue weighted by atomic mass is 10.2. The summed E-state index contributed by atoms with van der Waals surface area (Å²) in [5.74, 6) is 0.132. The maximum atomic E-state index is 11.9. The molecule has 3 aromatic rings. The largest absolute Gasteiger partial charge is 0.508 e. The highest BCUT2D eigenvalue weighted by atomic mass is 79.9. The first-order valence-corrected chi connectivity index (χ1v) is 6.14. The van der Waals surface area contributed by atoms with Crippen LogP contribution in [0.4, 0.5) is 0 Å². The van der Waals surface area contributed by atoms with Gasteiger partial charge in [0.1, 0.15) is 5.75 Å². The van der Waals surface area contributed by atoms with E-state index in [2.05, 4.69) is 20.9 Å². The average Bonchev–Trinajstić information content (AvgIpc) is 2.66. The lowest BCUT2D eigenvalue weighted by Crippen LogP contribution is -2.14. The van der Waals surface area contributed by atoms with E-state index >= 15 is 0 Å². The van der Waals surface area contributed by atoms with Gasteiger partial charge in [-0.25, -0.2) is 4.79 Å². The molecule has 0 saturated heterocycles. The van der Waals surface area contributed by atoms with Gasteiger partial charge in [0.05, 0.1) is 16.7 Å². The van der Waals surface area contributed by atoms with Crippen molar-refractivity contribution in [3.8, 4) is 11.4 Å². The molecule has 0 aliphatic carbocycles. The predicted octanol–water partition coefficient (Wildman–Crippen LogP) is 2.79. The predicted molar refractivity (Wildman–Crippen MR) is 73.3 cm³/mol. The summed E-state index contributed by atoms with van der Waals surface area (Å²) in [4.78, 5) is 14.7. The summed E-state index contributed by atoms with van der Waals surface area (Å²) in [7, 11) is 0. The maximum absolute atomic E-state index is 11.9. The number of nitrogens with one attached hydrogen (secondary N) is 1. The Balaban J connectivity index is 2.34. The molecule has 2 N–H and O–H groups in total. The number of aromatic nitrogens is 2. The molecule has 0 radical (unpaired) electrons. The quantitative estimate of drug-likeness (QED) is 0.726. The molecule has 0 bridgehead atoms. The van der Waals surface area contributed by atoms with Crippen LogP contribution in [0, 0.1) is 0 Å². The van der Waals surface area contributed by atoms with Crippen LogP contribution in [0.1, 0.15) is 0 Å². The molecule has 0 fully saturated rings. The minimum absolute atomic E-state index is 0.132. The zero-order valence-corrected chi connectivity index (χ0v) is 10.8. The average molecular weight is 305 g/mol. The van der Waals surface area contributed by atoms with Gasteiger partial charge in [0, 0.05) is 10.5 Å². The number of fused-ring (bicyclic) bond motifs is 1. The van der Waals surface area contributed by atoms with Crippen molar-refractivity contribution in [1.29, 1.82) is 0 Å². The van der Waals surface area contributed by atoms with Crippen molar-refractivity contribution in [3.05, 3.63) is 57.4 Å². The molecule has 1 aromatic heterocycles. The lowest BCUT2D eigenvalue weighted by molar-refractivity contribution is 0.476. The molecule has 2 aromatic carbocycles. The zero-order chi connectivity index (χ0) is 12.7. The minimum Gasteiger partial charge on any atom is -0.508 e. The van der Waals surface area contributed by atoms with E-state index in [9.17, 15) is 9.90 Å². The van der Waals surface area contributed by atoms with E-state index in [1.165, 1.54) is 4.57 Å². The van der Waals surface area contributed by atoms with Crippen molar-refractivity contribution in [3.63, 3.8) is 0 Å². The monoisotopic (exact) mass is 304 g/mol. The molecule has 18 heavy (non-hydrogen) atoms. The van der Waals surface area contributed by atoms with Crippen molar-refractivity contribution in [1.82, 2.24) is 9.55 Å². The van der Waals surface area contributed by atoms with Crippen LogP contribution in [-0.4, -0.2) is 14.7 Å². The van der Waals surface area contributed by atoms with E-state index in [0.717, 1.165) is 10.2 Å². The van der Waals surface area contributed by atoms with E-state index in [1.807, 2.05) is 24.3 Å². The Bertz CT molecular complexity index is 772. The summed E-state index contributed by atoms with van der Waals surface area (Å²) in [6.07, 6.45) is 0. The van der Waals surface area contributed by atoms with Crippen molar-refractivity contribution in [2.24, 2.45) is 0 Å². The van der Waals surface area contributed by atoms with Crippen molar-refractivity contribution in [2.75, 3.05) is 0 Å². The second-order valence-electron chi connectivity index (χ2n) is 3.94. The first kappa shape index (κ1) is 11.1. The molecule has 0 aliphatic heterocycles. The first-order valence-electron chi connectivity index (χ1n) is 5.35. The van der Waals surface area contributed by atoms with Gasteiger partial charge in [-0.3, -0.25) is 4.57 Å². The third-order valence-corrected chi connectivity index (χ3v) is 3.28. The molecule has 0 atom stereocenters. The first-order chi connectivity index (χ1) is 8.65. The molecule has 0 saturated carbocycles. The van der Waals surface area contributed by atoms with Gasteiger partial charge >= 0.3 is 5.69 Å². The van der Waals surface area contributed by atoms with E-state index in [4.69, 9.17) is 0 Å². The number of phenols is 1. The molecule has 1 heterocycles. The van der Waals surface area contributed by atoms with Gasteiger partial charge < -0.3 is 10.1 Å². The van der Waals surface area contributed by atoms with Gasteiger partial charge in [0.25, 0.3) is 0 Å². The number of aromatic amines is 1. The summed E-state index contributed by atoms with van der Waals surface area (Å²) < 4.78 is 2.48. The minimum atomic E-state index is -0.224. The Hall–Kier alpha value is -2.01. The smallest absolute Gasteiger partial charge is 0.331 e. The number of nitrogens with zero attached hydrogens (tertiary/aromatic N) is 1. The molecule has 90 valence electrons. The van der Waals surface area contributed by atoms with Gasteiger partial charge in [0.2, 0.25) is 0 Å². The molecule has 4 nitrogen and oxygen atoms in total. The Morgan fingerprint density at radius 2 is 1.83 bits per heavy atom. The van der Waals surface area contributed by atoms with Crippen molar-refractivity contribution in [2.45, 2.75) is 0 Å². The van der Waals surface area contributed by atoms with Crippen molar-refractivity contribution >= 4 is 27.0 Å². The van der Waals surface area contributed by atoms with E-state index in [1.54, 1.807) is 18.2 Å². The second-order valence-corrected chi connectivity index (χ2v) is 4.86. The number of hydrogen-bond acceptors (Lipinski definition) is 2. The van der Waals surface area contributed by atoms with E-state index in [0.29, 0.717) is 11.0 Å². The standard InChI is InChI=1S/C13H9BrN2O2/c14-8-1-3-9(4-2-8)16-12-7-10(17)5-6-11(12)15-13(16)18/h1-7,17H,(H,15,18). The third kappa shape index (κ3) is 1.73. The Labute approximate surface area is 111 Å². The fourth-order valence-electron chi connectivity index (χ4n) is 1.94. The summed E-state index contributed by atoms with van der Waals surface area (Å²) in [5, 5.41) is 9.52. The second kappa shape index (κ2) is 4.03. The van der Waals surface area contributed by atoms with Crippen LogP contribution in [0.15, 0.2) is 51.7 Å². The van der Waals surface area contributed by atoms with Gasteiger partial charge in [-0.1, -0.05) is 15.9 Å². The molecule has 5 heteroatoms. The highest BCUT2D eigenvalue weighted by molar-refractivity contribution is 9.10. The highest BCUT2D eigenvalue weighted by Gasteiger charge is 2.08. The summed E-state index contributed by atoms with van der Waals surface area (Å²) in [6.45, 7) is 0. The molecular formula is C13H9BrN2O2. The number of H-pyrrole nitrogens is 1. The van der Waals surface area contributed by atoms with Gasteiger partial charge in [-0.2, -0.15) is 0 Å². The van der Waals surface area contributed by atoms with Crippen LogP contribution >= 0.6 is 15.9 Å². The van der Waals surface area contributed by atoms with Crippen LogP contribution in [0.2, 0.25) is 0 Å². The normalized spacial score (nSPS) is 10.9. The van der Waals surface area contributed by atoms with Crippen LogP contribution in [0.5, 0.6) is 5.75 Å². The number of aromatic hydroxyl groups is 1. The molecule has 0 spiro atoms. The summed E-state index contributed by atoms with van der Waals surface area (Å²) in [6, 6.07) is 12.2. The SMILES string of the molecule is O=c1[nH]c2ccc(O)cc2n1-c1ccc(Br)cc1. The third-order valence-electron chi connectivity index (χ3n) is 2.75. The molecule has 0 amide bonds. The number of imidazole rings is 1. The number of benzene rings is 2. The summed E-state index contributed by atoms with van der Waals surface area (Å²) >= 11 is 3.35. The van der Waals surface area contributed by atoms with Crippen molar-refractivity contribution < 1.29 is 5.11 Å². The van der Waals surface area contributed by atoms with Gasteiger partial charge in [0.15, 0.2) is 0 Å². The fourth-order valence-corrected chi connectivity index (χ4v) is 2.20. The van der Waals surface area contributed by atoms with Gasteiger partial charge in [-0.05, 0) is 36.4 Å². The highest BCUT2D eigenvalue weighted by Crippen LogP contribution is 2.21. The number of hydrogen-bond donors (Lipinski definition) is 2. The van der Waals surface area contributed by atoms with Gasteiger partial charge in [-0.15, -0.1) is 0 Å². The van der Waals surface area contributed by atoms with Crippen LogP contribution in [-0.2, 0) is 0 Å². The number of halogens is 1. The van der Waals surface area contributed by atoms with Crippen LogP contribution in [0.25, 0.3) is 16.7 Å². The molecule has 0 aliphatic rings. The lowest BCUT2D eigenvalue weighted by Gasteiger charge is -2.03. The van der Waals surface area contributed by atoms with E-state index in [-0.39, 0.29) is 11.4 Å². The Morgan fingerprint density at radius 3 is 2.56 bits per heavy atom. The zero-order valence-electron chi connectivity index (χ0n) is 9.22. The topological polar surface area (TPSA) is 58.0 Å². The van der Waals surface area contributed by atoms with E-state index < -0.39 is 0 Å². The molecule has 0 unspecified atom stereocenters. The molecular weight excluding hydrogens is 296 g/mol. The Kier molecular flexibility index (Phi) is 2.48. The van der Waals surface area contributed by atoms with Crippen LogP contribution in [0.3, 0.4) is 0 Å². The summed E-state index contributed by atoms with van der Waals surface area (Å²) in [5.41, 5.74) is 1.88. The van der Waals surface area contributed by atoms with Crippen LogP contribution < -0.4 is 5.69 Å². The fraction of sp³-hybridized carbons (Fsp3) is 0. The Morgan fingerprint density at radius 1 is 1.11 bits per heavy atom. The number of rotatable bonds is 1. The maximum Gasteiger partial charge on any atom is 0.331 e.